The lowest BCUT2D eigenvalue weighted by molar-refractivity contribution is 0.283. The third-order valence-corrected chi connectivity index (χ3v) is 2.99. The quantitative estimate of drug-likeness (QED) is 0.767. The number of aromatic nitrogens is 1. The molecule has 0 saturated heterocycles. The van der Waals surface area contributed by atoms with Crippen LogP contribution in [0.2, 0.25) is 0 Å². The van der Waals surface area contributed by atoms with Gasteiger partial charge in [0, 0.05) is 29.9 Å². The molecule has 3 heteroatoms. The van der Waals surface area contributed by atoms with Crippen LogP contribution in [0.25, 0.3) is 10.9 Å². The van der Waals surface area contributed by atoms with Gasteiger partial charge in [-0.2, -0.15) is 0 Å². The van der Waals surface area contributed by atoms with Crippen LogP contribution in [-0.4, -0.2) is 23.2 Å². The van der Waals surface area contributed by atoms with Gasteiger partial charge in [-0.1, -0.05) is 18.2 Å². The zero-order valence-electron chi connectivity index (χ0n) is 10.8. The van der Waals surface area contributed by atoms with Crippen LogP contribution in [0.15, 0.2) is 30.3 Å². The summed E-state index contributed by atoms with van der Waals surface area (Å²) in [4.78, 5) is 4.52. The van der Waals surface area contributed by atoms with Crippen molar-refractivity contribution in [2.24, 2.45) is 0 Å². The maximum Gasteiger partial charge on any atom is 0.0725 e. The highest BCUT2D eigenvalue weighted by Crippen LogP contribution is 2.22. The van der Waals surface area contributed by atoms with E-state index in [0.29, 0.717) is 0 Å². The zero-order chi connectivity index (χ0) is 12.8. The smallest absolute Gasteiger partial charge is 0.0725 e. The van der Waals surface area contributed by atoms with Gasteiger partial charge in [0.25, 0.3) is 0 Å². The molecule has 0 atom stereocenters. The number of para-hydroxylation sites is 1. The number of nitrogens with zero attached hydrogens (tertiary/aromatic N) is 1. The highest BCUT2D eigenvalue weighted by Gasteiger charge is 2.02. The van der Waals surface area contributed by atoms with Crippen molar-refractivity contribution in [2.45, 2.75) is 26.2 Å². The molecular weight excluding hydrogens is 224 g/mol. The van der Waals surface area contributed by atoms with Crippen molar-refractivity contribution in [1.82, 2.24) is 4.98 Å². The van der Waals surface area contributed by atoms with Crippen LogP contribution < -0.4 is 5.32 Å². The van der Waals surface area contributed by atoms with Gasteiger partial charge in [-0.25, -0.2) is 0 Å². The Hall–Kier alpha value is -1.61. The predicted octanol–water partition coefficient (Wildman–Crippen LogP) is 3.12. The largest absolute Gasteiger partial charge is 0.396 e. The summed E-state index contributed by atoms with van der Waals surface area (Å²) in [5.41, 5.74) is 3.23. The third-order valence-electron chi connectivity index (χ3n) is 2.99. The molecule has 0 fully saturated rings. The Bertz CT molecular complexity index is 511. The number of benzene rings is 1. The van der Waals surface area contributed by atoms with Crippen molar-refractivity contribution >= 4 is 16.6 Å². The van der Waals surface area contributed by atoms with Gasteiger partial charge in [0.05, 0.1) is 5.52 Å². The molecule has 0 amide bonds. The fourth-order valence-electron chi connectivity index (χ4n) is 2.09. The topological polar surface area (TPSA) is 45.1 Å². The average molecular weight is 244 g/mol. The summed E-state index contributed by atoms with van der Waals surface area (Å²) in [6, 6.07) is 10.3. The van der Waals surface area contributed by atoms with E-state index in [1.165, 1.54) is 5.39 Å². The monoisotopic (exact) mass is 244 g/mol. The number of anilines is 1. The number of aryl methyl sites for hydroxylation is 1. The van der Waals surface area contributed by atoms with Crippen molar-refractivity contribution in [3.63, 3.8) is 0 Å². The molecule has 0 unspecified atom stereocenters. The van der Waals surface area contributed by atoms with Crippen LogP contribution >= 0.6 is 0 Å². The molecule has 18 heavy (non-hydrogen) atoms. The Labute approximate surface area is 108 Å². The SMILES string of the molecule is Cc1cc(NCCCCCO)c2ccccc2n1. The van der Waals surface area contributed by atoms with Crippen molar-refractivity contribution in [3.05, 3.63) is 36.0 Å². The molecule has 1 aromatic heterocycles. The molecule has 0 spiro atoms. The molecule has 2 N–H and O–H groups in total. The van der Waals surface area contributed by atoms with E-state index in [1.54, 1.807) is 0 Å². The number of nitrogens with one attached hydrogen (secondary N) is 1. The fourth-order valence-corrected chi connectivity index (χ4v) is 2.09. The lowest BCUT2D eigenvalue weighted by atomic mass is 10.1. The van der Waals surface area contributed by atoms with Gasteiger partial charge in [0.1, 0.15) is 0 Å². The number of hydrogen-bond acceptors (Lipinski definition) is 3. The molecule has 2 aromatic rings. The van der Waals surface area contributed by atoms with Crippen LogP contribution in [0.4, 0.5) is 5.69 Å². The highest BCUT2D eigenvalue weighted by atomic mass is 16.2. The minimum atomic E-state index is 0.289. The first-order valence-electron chi connectivity index (χ1n) is 6.52. The highest BCUT2D eigenvalue weighted by molar-refractivity contribution is 5.91. The zero-order valence-corrected chi connectivity index (χ0v) is 10.8. The van der Waals surface area contributed by atoms with E-state index in [1.807, 2.05) is 25.1 Å². The molecule has 0 aliphatic carbocycles. The number of pyridine rings is 1. The first-order valence-corrected chi connectivity index (χ1v) is 6.52. The Morgan fingerprint density at radius 3 is 2.83 bits per heavy atom. The first kappa shape index (κ1) is 12.8. The maximum atomic E-state index is 8.73. The van der Waals surface area contributed by atoms with E-state index in [-0.39, 0.29) is 6.61 Å². The van der Waals surface area contributed by atoms with Gasteiger partial charge in [0.15, 0.2) is 0 Å². The Morgan fingerprint density at radius 2 is 2.00 bits per heavy atom. The van der Waals surface area contributed by atoms with Crippen molar-refractivity contribution in [2.75, 3.05) is 18.5 Å². The van der Waals surface area contributed by atoms with Crippen LogP contribution in [0, 0.1) is 6.92 Å². The lowest BCUT2D eigenvalue weighted by Gasteiger charge is -2.10. The molecule has 0 aliphatic heterocycles. The van der Waals surface area contributed by atoms with Gasteiger partial charge in [-0.15, -0.1) is 0 Å². The lowest BCUT2D eigenvalue weighted by Crippen LogP contribution is -2.03. The van der Waals surface area contributed by atoms with E-state index in [9.17, 15) is 0 Å². The van der Waals surface area contributed by atoms with Crippen molar-refractivity contribution in [3.8, 4) is 0 Å². The number of unbranched alkanes of at least 4 members (excludes halogenated alkanes) is 2. The van der Waals surface area contributed by atoms with Gasteiger partial charge in [0.2, 0.25) is 0 Å². The van der Waals surface area contributed by atoms with E-state index in [4.69, 9.17) is 5.11 Å². The first-order chi connectivity index (χ1) is 8.81. The maximum absolute atomic E-state index is 8.73. The van der Waals surface area contributed by atoms with Gasteiger partial charge in [-0.05, 0) is 38.3 Å². The minimum Gasteiger partial charge on any atom is -0.396 e. The second-order valence-electron chi connectivity index (χ2n) is 4.54. The predicted molar refractivity (Wildman–Crippen MR) is 75.9 cm³/mol. The molecule has 0 bridgehead atoms. The molecule has 3 nitrogen and oxygen atoms in total. The van der Waals surface area contributed by atoms with Crippen LogP contribution in [0.1, 0.15) is 25.0 Å². The summed E-state index contributed by atoms with van der Waals surface area (Å²) >= 11 is 0. The summed E-state index contributed by atoms with van der Waals surface area (Å²) < 4.78 is 0. The minimum absolute atomic E-state index is 0.289. The second kappa shape index (κ2) is 6.36. The molecule has 0 radical (unpaired) electrons. The molecule has 96 valence electrons. The molecular formula is C15H20N2O. The molecule has 0 saturated carbocycles. The number of aliphatic hydroxyl groups excluding tert-OH is 1. The van der Waals surface area contributed by atoms with Crippen LogP contribution in [0.3, 0.4) is 0 Å². The standard InChI is InChI=1S/C15H20N2O/c1-12-11-15(16-9-5-2-6-10-18)13-7-3-4-8-14(13)17-12/h3-4,7-8,11,18H,2,5-6,9-10H2,1H3,(H,16,17). The van der Waals surface area contributed by atoms with Crippen molar-refractivity contribution in [1.29, 1.82) is 0 Å². The second-order valence-corrected chi connectivity index (χ2v) is 4.54. The molecule has 1 heterocycles. The fraction of sp³-hybridized carbons (Fsp3) is 0.400. The van der Waals surface area contributed by atoms with E-state index in [0.717, 1.165) is 42.7 Å². The Morgan fingerprint density at radius 1 is 1.17 bits per heavy atom. The number of fused-ring (bicyclic) bond motifs is 1. The van der Waals surface area contributed by atoms with E-state index < -0.39 is 0 Å². The summed E-state index contributed by atoms with van der Waals surface area (Å²) in [6.45, 7) is 3.24. The molecule has 2 rings (SSSR count). The van der Waals surface area contributed by atoms with E-state index in [2.05, 4.69) is 22.4 Å². The number of rotatable bonds is 6. The van der Waals surface area contributed by atoms with Crippen LogP contribution in [0.5, 0.6) is 0 Å². The Balaban J connectivity index is 2.07. The van der Waals surface area contributed by atoms with E-state index >= 15 is 0 Å². The summed E-state index contributed by atoms with van der Waals surface area (Å²) in [6.07, 6.45) is 3.03. The van der Waals surface area contributed by atoms with Gasteiger partial charge >= 0.3 is 0 Å². The number of hydrogen-bond donors (Lipinski definition) is 2. The van der Waals surface area contributed by atoms with Gasteiger partial charge < -0.3 is 10.4 Å². The average Bonchev–Trinajstić information content (AvgIpc) is 2.38. The molecule has 1 aromatic carbocycles. The Kier molecular flexibility index (Phi) is 4.53. The summed E-state index contributed by atoms with van der Waals surface area (Å²) in [5.74, 6) is 0. The summed E-state index contributed by atoms with van der Waals surface area (Å²) in [5, 5.41) is 13.4. The van der Waals surface area contributed by atoms with Gasteiger partial charge in [-0.3, -0.25) is 4.98 Å². The number of aliphatic hydroxyl groups is 1. The normalized spacial score (nSPS) is 10.8. The van der Waals surface area contributed by atoms with Crippen molar-refractivity contribution < 1.29 is 5.11 Å². The third kappa shape index (κ3) is 3.20. The van der Waals surface area contributed by atoms with Crippen LogP contribution in [-0.2, 0) is 0 Å². The summed E-state index contributed by atoms with van der Waals surface area (Å²) in [7, 11) is 0. The molecule has 0 aliphatic rings.